The first-order valence-electron chi connectivity index (χ1n) is 6.41. The molecule has 1 aromatic heterocycles. The fourth-order valence-electron chi connectivity index (χ4n) is 1.81. The van der Waals surface area contributed by atoms with Gasteiger partial charge in [0.2, 0.25) is 0 Å². The van der Waals surface area contributed by atoms with Crippen molar-refractivity contribution >= 4 is 23.0 Å². The molecule has 0 aliphatic rings. The van der Waals surface area contributed by atoms with E-state index in [-0.39, 0.29) is 23.0 Å². The Morgan fingerprint density at radius 2 is 2.19 bits per heavy atom. The number of benzene rings is 1. The van der Waals surface area contributed by atoms with Crippen molar-refractivity contribution < 1.29 is 13.9 Å². The molecule has 0 aliphatic carbocycles. The first-order chi connectivity index (χ1) is 9.92. The molecule has 0 bridgehead atoms. The highest BCUT2D eigenvalue weighted by atomic mass is 19.1. The van der Waals surface area contributed by atoms with E-state index < -0.39 is 11.8 Å². The number of aromatic nitrogens is 2. The van der Waals surface area contributed by atoms with E-state index in [9.17, 15) is 9.18 Å². The molecule has 0 saturated heterocycles. The summed E-state index contributed by atoms with van der Waals surface area (Å²) in [6.07, 6.45) is 3.33. The van der Waals surface area contributed by atoms with Crippen molar-refractivity contribution in [3.05, 3.63) is 35.9 Å². The normalized spacial score (nSPS) is 10.7. The highest BCUT2D eigenvalue weighted by molar-refractivity contribution is 5.96. The summed E-state index contributed by atoms with van der Waals surface area (Å²) in [6.45, 7) is 3.96. The Balaban J connectivity index is 2.32. The minimum atomic E-state index is -0.617. The molecule has 0 spiro atoms. The Morgan fingerprint density at radius 1 is 1.48 bits per heavy atom. The van der Waals surface area contributed by atoms with E-state index in [1.54, 1.807) is 17.1 Å². The predicted molar refractivity (Wildman–Crippen MR) is 78.0 cm³/mol. The molecule has 0 unspecified atom stereocenters. The Bertz CT molecular complexity index is 667. The molecule has 112 valence electrons. The number of ether oxygens (including phenoxy) is 1. The lowest BCUT2D eigenvalue weighted by molar-refractivity contribution is 0.0602. The number of halogens is 1. The van der Waals surface area contributed by atoms with Crippen LogP contribution in [0.3, 0.4) is 0 Å². The molecule has 1 heterocycles. The highest BCUT2D eigenvalue weighted by Crippen LogP contribution is 2.26. The van der Waals surface area contributed by atoms with Gasteiger partial charge in [-0.1, -0.05) is 0 Å². The second-order valence-corrected chi connectivity index (χ2v) is 4.84. The van der Waals surface area contributed by atoms with Gasteiger partial charge < -0.3 is 15.8 Å². The third-order valence-corrected chi connectivity index (χ3v) is 2.95. The van der Waals surface area contributed by atoms with Gasteiger partial charge in [0, 0.05) is 17.9 Å². The lowest BCUT2D eigenvalue weighted by Crippen LogP contribution is -2.07. The number of carbonyl (C=O) groups is 1. The van der Waals surface area contributed by atoms with Crippen LogP contribution in [0, 0.1) is 5.82 Å². The minimum absolute atomic E-state index is 0.0303. The number of nitrogen functional groups attached to an aromatic ring is 1. The maximum absolute atomic E-state index is 13.9. The summed E-state index contributed by atoms with van der Waals surface area (Å²) in [5.74, 6) is -1.18. The summed E-state index contributed by atoms with van der Waals surface area (Å²) < 4.78 is 20.3. The highest BCUT2D eigenvalue weighted by Gasteiger charge is 2.15. The van der Waals surface area contributed by atoms with Gasteiger partial charge in [0.05, 0.1) is 30.2 Å². The monoisotopic (exact) mass is 292 g/mol. The number of nitrogens with one attached hydrogen (secondary N) is 1. The van der Waals surface area contributed by atoms with Gasteiger partial charge in [-0.15, -0.1) is 0 Å². The summed E-state index contributed by atoms with van der Waals surface area (Å²) in [6, 6.07) is 2.60. The molecule has 6 nitrogen and oxygen atoms in total. The Labute approximate surface area is 121 Å². The van der Waals surface area contributed by atoms with Crippen molar-refractivity contribution in [2.75, 3.05) is 18.2 Å². The van der Waals surface area contributed by atoms with Crippen molar-refractivity contribution in [1.29, 1.82) is 0 Å². The van der Waals surface area contributed by atoms with E-state index in [2.05, 4.69) is 15.2 Å². The molecular weight excluding hydrogens is 275 g/mol. The fourth-order valence-corrected chi connectivity index (χ4v) is 1.81. The summed E-state index contributed by atoms with van der Waals surface area (Å²) in [5.41, 5.74) is 6.50. The number of nitrogens with two attached hydrogens (primary N) is 1. The van der Waals surface area contributed by atoms with Crippen LogP contribution >= 0.6 is 0 Å². The first kappa shape index (κ1) is 14.8. The molecule has 1 aromatic carbocycles. The van der Waals surface area contributed by atoms with Gasteiger partial charge in [0.25, 0.3) is 0 Å². The van der Waals surface area contributed by atoms with Crippen LogP contribution in [0.4, 0.5) is 21.5 Å². The number of esters is 1. The maximum Gasteiger partial charge on any atom is 0.340 e. The van der Waals surface area contributed by atoms with E-state index in [0.717, 1.165) is 6.07 Å². The molecule has 3 N–H and O–H groups in total. The molecule has 2 rings (SSSR count). The number of hydrogen-bond donors (Lipinski definition) is 2. The molecule has 0 atom stereocenters. The zero-order valence-electron chi connectivity index (χ0n) is 12.1. The Hall–Kier alpha value is -2.57. The van der Waals surface area contributed by atoms with Crippen molar-refractivity contribution in [1.82, 2.24) is 9.78 Å². The average Bonchev–Trinajstić information content (AvgIpc) is 2.89. The fraction of sp³-hybridized carbons (Fsp3) is 0.286. The maximum atomic E-state index is 13.9. The summed E-state index contributed by atoms with van der Waals surface area (Å²) >= 11 is 0. The van der Waals surface area contributed by atoms with Crippen LogP contribution in [0.1, 0.15) is 30.2 Å². The van der Waals surface area contributed by atoms with E-state index in [0.29, 0.717) is 5.69 Å². The van der Waals surface area contributed by atoms with Crippen molar-refractivity contribution in [3.63, 3.8) is 0 Å². The number of nitrogens with zero attached hydrogens (tertiary/aromatic N) is 2. The van der Waals surface area contributed by atoms with E-state index in [1.165, 1.54) is 13.2 Å². The standard InChI is InChI=1S/C14H17FN4O2/c1-8(2)19-7-9(6-17-19)18-13-4-10(14(20)21-3)12(16)5-11(13)15/h4-8,18H,16H2,1-3H3. The van der Waals surface area contributed by atoms with E-state index >= 15 is 0 Å². The Morgan fingerprint density at radius 3 is 2.76 bits per heavy atom. The van der Waals surface area contributed by atoms with Crippen molar-refractivity contribution in [2.24, 2.45) is 0 Å². The molecule has 7 heteroatoms. The van der Waals surface area contributed by atoms with Gasteiger partial charge in [-0.25, -0.2) is 9.18 Å². The lowest BCUT2D eigenvalue weighted by atomic mass is 10.1. The first-order valence-corrected chi connectivity index (χ1v) is 6.41. The zero-order valence-corrected chi connectivity index (χ0v) is 12.1. The molecular formula is C14H17FN4O2. The largest absolute Gasteiger partial charge is 0.465 e. The summed E-state index contributed by atoms with van der Waals surface area (Å²) in [5, 5.41) is 7.02. The zero-order chi connectivity index (χ0) is 15.6. The predicted octanol–water partition coefficient (Wildman–Crippen LogP) is 2.72. The molecule has 0 aliphatic heterocycles. The van der Waals surface area contributed by atoms with Crippen molar-refractivity contribution in [2.45, 2.75) is 19.9 Å². The van der Waals surface area contributed by atoms with Gasteiger partial charge in [0.1, 0.15) is 5.82 Å². The number of rotatable bonds is 4. The van der Waals surface area contributed by atoms with Crippen LogP contribution < -0.4 is 11.1 Å². The van der Waals surface area contributed by atoms with E-state index in [4.69, 9.17) is 5.73 Å². The SMILES string of the molecule is COC(=O)c1cc(Nc2cnn(C(C)C)c2)c(F)cc1N. The molecule has 0 radical (unpaired) electrons. The van der Waals surface area contributed by atoms with Crippen LogP contribution in [0.15, 0.2) is 24.5 Å². The number of hydrogen-bond acceptors (Lipinski definition) is 5. The van der Waals surface area contributed by atoms with Gasteiger partial charge in [-0.05, 0) is 26.0 Å². The van der Waals surface area contributed by atoms with Crippen molar-refractivity contribution in [3.8, 4) is 0 Å². The van der Waals surface area contributed by atoms with Gasteiger partial charge in [-0.2, -0.15) is 5.10 Å². The molecule has 0 amide bonds. The van der Waals surface area contributed by atoms with Crippen LogP contribution in [-0.4, -0.2) is 22.9 Å². The molecule has 0 fully saturated rings. The molecule has 21 heavy (non-hydrogen) atoms. The minimum Gasteiger partial charge on any atom is -0.465 e. The van der Waals surface area contributed by atoms with Crippen LogP contribution in [0.25, 0.3) is 0 Å². The third-order valence-electron chi connectivity index (χ3n) is 2.95. The number of carbonyl (C=O) groups excluding carboxylic acids is 1. The van der Waals surface area contributed by atoms with Crippen LogP contribution in [0.2, 0.25) is 0 Å². The third kappa shape index (κ3) is 3.13. The molecule has 2 aromatic rings. The average molecular weight is 292 g/mol. The van der Waals surface area contributed by atoms with Crippen LogP contribution in [-0.2, 0) is 4.74 Å². The topological polar surface area (TPSA) is 82.2 Å². The quantitative estimate of drug-likeness (QED) is 0.669. The second kappa shape index (κ2) is 5.82. The van der Waals surface area contributed by atoms with Gasteiger partial charge in [-0.3, -0.25) is 4.68 Å². The number of anilines is 3. The Kier molecular flexibility index (Phi) is 4.11. The summed E-state index contributed by atoms with van der Waals surface area (Å²) in [4.78, 5) is 11.6. The number of methoxy groups -OCH3 is 1. The van der Waals surface area contributed by atoms with Gasteiger partial charge in [0.15, 0.2) is 0 Å². The lowest BCUT2D eigenvalue weighted by Gasteiger charge is -2.10. The smallest absolute Gasteiger partial charge is 0.340 e. The second-order valence-electron chi connectivity index (χ2n) is 4.84. The van der Waals surface area contributed by atoms with Crippen LogP contribution in [0.5, 0.6) is 0 Å². The van der Waals surface area contributed by atoms with E-state index in [1.807, 2.05) is 13.8 Å². The van der Waals surface area contributed by atoms with Gasteiger partial charge >= 0.3 is 5.97 Å². The molecule has 0 saturated carbocycles. The summed E-state index contributed by atoms with van der Waals surface area (Å²) in [7, 11) is 1.24.